The maximum absolute atomic E-state index is 11.8. The normalized spacial score (nSPS) is 19.0. The molecule has 20 heavy (non-hydrogen) atoms. The Morgan fingerprint density at radius 2 is 2.35 bits per heavy atom. The molecule has 0 saturated carbocycles. The van der Waals surface area contributed by atoms with Gasteiger partial charge >= 0.3 is 0 Å². The summed E-state index contributed by atoms with van der Waals surface area (Å²) in [5.41, 5.74) is -0.0501. The van der Waals surface area contributed by atoms with E-state index in [1.54, 1.807) is 6.07 Å². The Morgan fingerprint density at radius 1 is 1.55 bits per heavy atom. The minimum absolute atomic E-state index is 0.0501. The van der Waals surface area contributed by atoms with Gasteiger partial charge in [-0.2, -0.15) is 0 Å². The Hall–Kier alpha value is -1.36. The van der Waals surface area contributed by atoms with Crippen molar-refractivity contribution in [3.05, 3.63) is 22.2 Å². The van der Waals surface area contributed by atoms with E-state index >= 15 is 0 Å². The zero-order valence-electron chi connectivity index (χ0n) is 12.8. The predicted molar refractivity (Wildman–Crippen MR) is 82.5 cm³/mol. The van der Waals surface area contributed by atoms with Crippen LogP contribution in [0.25, 0.3) is 0 Å². The number of anilines is 1. The quantitative estimate of drug-likeness (QED) is 0.780. The largest absolute Gasteiger partial charge is 0.352 e. The third-order valence-corrected chi connectivity index (χ3v) is 3.77. The van der Waals surface area contributed by atoms with Gasteiger partial charge in [-0.05, 0) is 25.8 Å². The van der Waals surface area contributed by atoms with Crippen LogP contribution >= 0.6 is 0 Å². The van der Waals surface area contributed by atoms with Crippen LogP contribution in [0, 0.1) is 0 Å². The molecule has 0 bridgehead atoms. The summed E-state index contributed by atoms with van der Waals surface area (Å²) < 4.78 is 0. The number of hydrogen-bond acceptors (Lipinski definition) is 4. The van der Waals surface area contributed by atoms with Gasteiger partial charge in [0.15, 0.2) is 0 Å². The van der Waals surface area contributed by atoms with Gasteiger partial charge in [0.05, 0.1) is 0 Å². The standard InChI is InChI=1S/C15H26N4O/c1-4-7-16-10-12-6-5-8-19(12)13-9-14(20)18-15(17-13)11(2)3/h9,11-12,16H,4-8,10H2,1-3H3,(H,17,18,20). The van der Waals surface area contributed by atoms with Gasteiger partial charge in [-0.3, -0.25) is 4.79 Å². The van der Waals surface area contributed by atoms with Crippen LogP contribution in [0.4, 0.5) is 5.82 Å². The minimum Gasteiger partial charge on any atom is -0.352 e. The van der Waals surface area contributed by atoms with Crippen molar-refractivity contribution in [1.29, 1.82) is 0 Å². The monoisotopic (exact) mass is 278 g/mol. The first-order chi connectivity index (χ1) is 9.61. The third kappa shape index (κ3) is 3.60. The molecule has 1 atom stereocenters. The van der Waals surface area contributed by atoms with E-state index in [4.69, 9.17) is 0 Å². The van der Waals surface area contributed by atoms with Crippen LogP contribution in [0.5, 0.6) is 0 Å². The first-order valence-electron chi connectivity index (χ1n) is 7.70. The van der Waals surface area contributed by atoms with Gasteiger partial charge in [0.25, 0.3) is 5.56 Å². The lowest BCUT2D eigenvalue weighted by Gasteiger charge is -2.26. The van der Waals surface area contributed by atoms with Crippen molar-refractivity contribution in [3.63, 3.8) is 0 Å². The summed E-state index contributed by atoms with van der Waals surface area (Å²) >= 11 is 0. The maximum atomic E-state index is 11.8. The summed E-state index contributed by atoms with van der Waals surface area (Å²) in [6, 6.07) is 2.08. The lowest BCUT2D eigenvalue weighted by Crippen LogP contribution is -2.39. The topological polar surface area (TPSA) is 61.0 Å². The van der Waals surface area contributed by atoms with Gasteiger partial charge < -0.3 is 15.2 Å². The van der Waals surface area contributed by atoms with E-state index in [9.17, 15) is 4.79 Å². The van der Waals surface area contributed by atoms with Crippen LogP contribution in [0.2, 0.25) is 0 Å². The third-order valence-electron chi connectivity index (χ3n) is 3.77. The number of aromatic amines is 1. The van der Waals surface area contributed by atoms with Gasteiger partial charge in [0, 0.05) is 31.1 Å². The molecule has 1 unspecified atom stereocenters. The fourth-order valence-corrected chi connectivity index (χ4v) is 2.68. The average molecular weight is 278 g/mol. The van der Waals surface area contributed by atoms with Crippen molar-refractivity contribution in [2.24, 2.45) is 0 Å². The van der Waals surface area contributed by atoms with Crippen LogP contribution in [-0.2, 0) is 0 Å². The van der Waals surface area contributed by atoms with Gasteiger partial charge in [0.1, 0.15) is 11.6 Å². The molecule has 0 aliphatic carbocycles. The zero-order valence-corrected chi connectivity index (χ0v) is 12.8. The van der Waals surface area contributed by atoms with Gasteiger partial charge in [-0.15, -0.1) is 0 Å². The number of nitrogens with one attached hydrogen (secondary N) is 2. The van der Waals surface area contributed by atoms with E-state index < -0.39 is 0 Å². The van der Waals surface area contributed by atoms with Gasteiger partial charge in [0.2, 0.25) is 0 Å². The van der Waals surface area contributed by atoms with E-state index in [0.717, 1.165) is 37.7 Å². The second-order valence-electron chi connectivity index (χ2n) is 5.84. The predicted octanol–water partition coefficient (Wildman–Crippen LogP) is 1.86. The molecule has 1 aliphatic heterocycles. The van der Waals surface area contributed by atoms with Crippen molar-refractivity contribution >= 4 is 5.82 Å². The van der Waals surface area contributed by atoms with Crippen molar-refractivity contribution in [2.45, 2.75) is 52.0 Å². The van der Waals surface area contributed by atoms with E-state index in [2.05, 4.69) is 27.1 Å². The summed E-state index contributed by atoms with van der Waals surface area (Å²) in [6.45, 7) is 9.28. The van der Waals surface area contributed by atoms with E-state index in [1.807, 2.05) is 13.8 Å². The first kappa shape index (κ1) is 15.0. The second-order valence-corrected chi connectivity index (χ2v) is 5.84. The molecule has 1 aromatic heterocycles. The molecule has 2 N–H and O–H groups in total. The average Bonchev–Trinajstić information content (AvgIpc) is 2.86. The van der Waals surface area contributed by atoms with Crippen LogP contribution < -0.4 is 15.8 Å². The highest BCUT2D eigenvalue weighted by Crippen LogP contribution is 2.23. The lowest BCUT2D eigenvalue weighted by molar-refractivity contribution is 0.567. The fraction of sp³-hybridized carbons (Fsp3) is 0.733. The molecule has 112 valence electrons. The summed E-state index contributed by atoms with van der Waals surface area (Å²) in [5, 5.41) is 3.47. The highest BCUT2D eigenvalue weighted by atomic mass is 16.1. The molecule has 0 aromatic carbocycles. The molecule has 1 aromatic rings. The molecule has 1 aliphatic rings. The van der Waals surface area contributed by atoms with E-state index in [-0.39, 0.29) is 11.5 Å². The minimum atomic E-state index is -0.0501. The molecule has 0 spiro atoms. The second kappa shape index (κ2) is 6.88. The van der Waals surface area contributed by atoms with Crippen molar-refractivity contribution in [3.8, 4) is 0 Å². The molecule has 2 heterocycles. The Bertz CT molecular complexity index is 483. The molecular weight excluding hydrogens is 252 g/mol. The lowest BCUT2D eigenvalue weighted by atomic mass is 10.2. The zero-order chi connectivity index (χ0) is 14.5. The first-order valence-corrected chi connectivity index (χ1v) is 7.70. The highest BCUT2D eigenvalue weighted by Gasteiger charge is 2.26. The molecule has 0 amide bonds. The highest BCUT2D eigenvalue weighted by molar-refractivity contribution is 5.40. The molecule has 1 fully saturated rings. The van der Waals surface area contributed by atoms with Crippen LogP contribution in [-0.4, -0.2) is 35.6 Å². The number of aromatic nitrogens is 2. The van der Waals surface area contributed by atoms with Crippen LogP contribution in [0.1, 0.15) is 51.8 Å². The SMILES string of the molecule is CCCNCC1CCCN1c1cc(=O)[nH]c(C(C)C)n1. The number of hydrogen-bond donors (Lipinski definition) is 2. The van der Waals surface area contributed by atoms with Crippen molar-refractivity contribution in [2.75, 3.05) is 24.5 Å². The van der Waals surface area contributed by atoms with Gasteiger partial charge in [-0.1, -0.05) is 20.8 Å². The maximum Gasteiger partial charge on any atom is 0.252 e. The van der Waals surface area contributed by atoms with Crippen LogP contribution in [0.15, 0.2) is 10.9 Å². The Kier molecular flexibility index (Phi) is 5.17. The fourth-order valence-electron chi connectivity index (χ4n) is 2.68. The number of H-pyrrole nitrogens is 1. The number of nitrogens with zero attached hydrogens (tertiary/aromatic N) is 2. The molecular formula is C15H26N4O. The number of rotatable bonds is 6. The molecule has 5 heteroatoms. The van der Waals surface area contributed by atoms with E-state index in [0.29, 0.717) is 6.04 Å². The summed E-state index contributed by atoms with van der Waals surface area (Å²) in [6.07, 6.45) is 3.49. The molecule has 1 saturated heterocycles. The molecule has 5 nitrogen and oxygen atoms in total. The molecule has 0 radical (unpaired) electrons. The van der Waals surface area contributed by atoms with Gasteiger partial charge in [-0.25, -0.2) is 4.98 Å². The van der Waals surface area contributed by atoms with Crippen molar-refractivity contribution < 1.29 is 0 Å². The summed E-state index contributed by atoms with van der Waals surface area (Å²) in [7, 11) is 0. The summed E-state index contributed by atoms with van der Waals surface area (Å²) in [5.74, 6) is 1.85. The Labute approximate surface area is 120 Å². The Morgan fingerprint density at radius 3 is 3.05 bits per heavy atom. The smallest absolute Gasteiger partial charge is 0.252 e. The van der Waals surface area contributed by atoms with Crippen LogP contribution in [0.3, 0.4) is 0 Å². The summed E-state index contributed by atoms with van der Waals surface area (Å²) in [4.78, 5) is 21.5. The van der Waals surface area contributed by atoms with E-state index in [1.165, 1.54) is 12.8 Å². The molecule has 2 rings (SSSR count). The Balaban J connectivity index is 2.14. The van der Waals surface area contributed by atoms with Crippen molar-refractivity contribution in [1.82, 2.24) is 15.3 Å².